The summed E-state index contributed by atoms with van der Waals surface area (Å²) in [5, 5.41) is 0. The third kappa shape index (κ3) is 6.96. The molecule has 202 valence electrons. The molecule has 3 aromatic carbocycles. The second-order valence-electron chi connectivity index (χ2n) is 10.4. The zero-order valence-electron chi connectivity index (χ0n) is 22.6. The average Bonchev–Trinajstić information content (AvgIpc) is 2.94. The number of hydrogen-bond acceptors (Lipinski definition) is 1. The number of unbranched alkanes of at least 4 members (excludes halogenated alkanes) is 3. The van der Waals surface area contributed by atoms with Crippen molar-refractivity contribution in [3.8, 4) is 22.3 Å². The van der Waals surface area contributed by atoms with Gasteiger partial charge >= 0.3 is 0 Å². The van der Waals surface area contributed by atoms with Crippen LogP contribution in [0.5, 0.6) is 0 Å². The Hall–Kier alpha value is -2.85. The zero-order valence-corrected chi connectivity index (χ0v) is 22.6. The minimum absolute atomic E-state index is 0.187. The molecule has 0 N–H and O–H groups in total. The largest absolute Gasteiger partial charge is 0.374 e. The molecule has 1 fully saturated rings. The van der Waals surface area contributed by atoms with E-state index >= 15 is 4.39 Å². The Balaban J connectivity index is 1.41. The van der Waals surface area contributed by atoms with Crippen LogP contribution in [0.4, 0.5) is 13.2 Å². The molecule has 0 heterocycles. The van der Waals surface area contributed by atoms with Crippen LogP contribution in [0.15, 0.2) is 66.7 Å². The average molecular weight is 521 g/mol. The third-order valence-corrected chi connectivity index (χ3v) is 7.77. The number of aryl methyl sites for hydroxylation is 1. The van der Waals surface area contributed by atoms with Crippen molar-refractivity contribution in [1.29, 1.82) is 0 Å². The number of halogens is 3. The van der Waals surface area contributed by atoms with Crippen LogP contribution in [-0.2, 0) is 11.2 Å². The Morgan fingerprint density at radius 3 is 2.18 bits per heavy atom. The molecule has 0 atom stereocenters. The van der Waals surface area contributed by atoms with Crippen LogP contribution in [-0.4, -0.2) is 12.7 Å². The summed E-state index contributed by atoms with van der Waals surface area (Å²) in [4.78, 5) is 0. The van der Waals surface area contributed by atoms with Gasteiger partial charge in [-0.1, -0.05) is 86.9 Å². The van der Waals surface area contributed by atoms with Gasteiger partial charge in [0.15, 0.2) is 11.6 Å². The lowest BCUT2D eigenvalue weighted by atomic mass is 9.82. The summed E-state index contributed by atoms with van der Waals surface area (Å²) in [6, 6.07) is 16.0. The molecular formula is C34H39F3O. The van der Waals surface area contributed by atoms with Gasteiger partial charge in [0.1, 0.15) is 5.82 Å². The first-order chi connectivity index (χ1) is 18.5. The second-order valence-corrected chi connectivity index (χ2v) is 10.4. The summed E-state index contributed by atoms with van der Waals surface area (Å²) >= 11 is 0. The highest BCUT2D eigenvalue weighted by Gasteiger charge is 2.25. The molecule has 1 nitrogen and oxygen atoms in total. The molecule has 0 aliphatic heterocycles. The van der Waals surface area contributed by atoms with E-state index in [-0.39, 0.29) is 23.4 Å². The van der Waals surface area contributed by atoms with Gasteiger partial charge in [-0.15, -0.1) is 0 Å². The molecular weight excluding hydrogens is 481 g/mol. The van der Waals surface area contributed by atoms with E-state index in [1.54, 1.807) is 30.3 Å². The van der Waals surface area contributed by atoms with Crippen LogP contribution in [0.1, 0.15) is 82.3 Å². The predicted molar refractivity (Wildman–Crippen MR) is 151 cm³/mol. The minimum Gasteiger partial charge on any atom is -0.374 e. The molecule has 0 unspecified atom stereocenters. The normalized spacial score (nSPS) is 17.8. The molecule has 0 radical (unpaired) electrons. The first-order valence-corrected chi connectivity index (χ1v) is 14.1. The van der Waals surface area contributed by atoms with Crippen LogP contribution < -0.4 is 0 Å². The molecule has 3 aromatic rings. The van der Waals surface area contributed by atoms with Gasteiger partial charge in [-0.25, -0.2) is 13.2 Å². The Kier molecular flexibility index (Phi) is 10.2. The monoisotopic (exact) mass is 520 g/mol. The SMILES string of the molecule is CC=CCOC1CCC(c2ccc(-c3ccc(-c4ccc(CCCCCC)c(F)c4F)cc3)cc2F)CC1. The van der Waals surface area contributed by atoms with Gasteiger partial charge in [-0.2, -0.15) is 0 Å². The molecule has 0 aromatic heterocycles. The van der Waals surface area contributed by atoms with Crippen LogP contribution in [0.3, 0.4) is 0 Å². The van der Waals surface area contributed by atoms with Crippen molar-refractivity contribution in [3.05, 3.63) is 95.3 Å². The molecule has 38 heavy (non-hydrogen) atoms. The van der Waals surface area contributed by atoms with Crippen LogP contribution in [0, 0.1) is 17.5 Å². The highest BCUT2D eigenvalue weighted by molar-refractivity contribution is 5.71. The van der Waals surface area contributed by atoms with Gasteiger partial charge in [0.05, 0.1) is 12.7 Å². The molecule has 1 aliphatic carbocycles. The van der Waals surface area contributed by atoms with Crippen LogP contribution >= 0.6 is 0 Å². The first kappa shape index (κ1) is 28.2. The molecule has 0 bridgehead atoms. The number of benzene rings is 3. The van der Waals surface area contributed by atoms with Gasteiger partial charge in [-0.3, -0.25) is 0 Å². The number of rotatable bonds is 11. The predicted octanol–water partition coefficient (Wildman–Crippen LogP) is 10.2. The summed E-state index contributed by atoms with van der Waals surface area (Å²) in [6.07, 6.45) is 12.6. The van der Waals surface area contributed by atoms with E-state index in [1.165, 1.54) is 0 Å². The Morgan fingerprint density at radius 1 is 0.789 bits per heavy atom. The van der Waals surface area contributed by atoms with Crippen LogP contribution in [0.25, 0.3) is 22.3 Å². The lowest BCUT2D eigenvalue weighted by Gasteiger charge is -2.29. The molecule has 0 saturated heterocycles. The fourth-order valence-corrected chi connectivity index (χ4v) is 5.46. The fourth-order valence-electron chi connectivity index (χ4n) is 5.46. The molecule has 4 heteroatoms. The van der Waals surface area contributed by atoms with Crippen molar-refractivity contribution in [2.75, 3.05) is 6.61 Å². The number of ether oxygens (including phenoxy) is 1. The van der Waals surface area contributed by atoms with Crippen molar-refractivity contribution in [2.45, 2.75) is 83.7 Å². The quantitative estimate of drug-likeness (QED) is 0.180. The van der Waals surface area contributed by atoms with E-state index in [0.29, 0.717) is 24.2 Å². The first-order valence-electron chi connectivity index (χ1n) is 14.1. The summed E-state index contributed by atoms with van der Waals surface area (Å²) < 4.78 is 50.6. The van der Waals surface area contributed by atoms with Gasteiger partial charge < -0.3 is 4.74 Å². The lowest BCUT2D eigenvalue weighted by Crippen LogP contribution is -2.21. The van der Waals surface area contributed by atoms with Crippen LogP contribution in [0.2, 0.25) is 0 Å². The van der Waals surface area contributed by atoms with Crippen molar-refractivity contribution in [1.82, 2.24) is 0 Å². The maximum Gasteiger partial charge on any atom is 0.166 e. The summed E-state index contributed by atoms with van der Waals surface area (Å²) in [5.74, 6) is -1.53. The van der Waals surface area contributed by atoms with Crippen molar-refractivity contribution < 1.29 is 17.9 Å². The summed E-state index contributed by atoms with van der Waals surface area (Å²) in [5.41, 5.74) is 3.67. The summed E-state index contributed by atoms with van der Waals surface area (Å²) in [6.45, 7) is 4.75. The number of allylic oxidation sites excluding steroid dienone is 1. The Morgan fingerprint density at radius 2 is 1.50 bits per heavy atom. The van der Waals surface area contributed by atoms with Gasteiger partial charge in [0, 0.05) is 5.56 Å². The minimum atomic E-state index is -0.803. The van der Waals surface area contributed by atoms with Gasteiger partial charge in [0.2, 0.25) is 0 Å². The van der Waals surface area contributed by atoms with E-state index in [4.69, 9.17) is 4.74 Å². The smallest absolute Gasteiger partial charge is 0.166 e. The molecule has 1 saturated carbocycles. The van der Waals surface area contributed by atoms with Crippen molar-refractivity contribution in [3.63, 3.8) is 0 Å². The highest BCUT2D eigenvalue weighted by Crippen LogP contribution is 2.37. The fraction of sp³-hybridized carbons (Fsp3) is 0.412. The topological polar surface area (TPSA) is 9.23 Å². The Bertz CT molecular complexity index is 1210. The van der Waals surface area contributed by atoms with Crippen molar-refractivity contribution >= 4 is 0 Å². The molecule has 0 amide bonds. The zero-order chi connectivity index (χ0) is 26.9. The van der Waals surface area contributed by atoms with E-state index in [1.807, 2.05) is 43.3 Å². The van der Waals surface area contributed by atoms with E-state index in [9.17, 15) is 8.78 Å². The number of hydrogen-bond donors (Lipinski definition) is 0. The van der Waals surface area contributed by atoms with E-state index in [2.05, 4.69) is 6.92 Å². The molecule has 1 aliphatic rings. The lowest BCUT2D eigenvalue weighted by molar-refractivity contribution is 0.0419. The summed E-state index contributed by atoms with van der Waals surface area (Å²) in [7, 11) is 0. The van der Waals surface area contributed by atoms with E-state index in [0.717, 1.165) is 68.1 Å². The van der Waals surface area contributed by atoms with E-state index < -0.39 is 11.6 Å². The maximum absolute atomic E-state index is 15.1. The molecule has 4 rings (SSSR count). The highest BCUT2D eigenvalue weighted by atomic mass is 19.2. The Labute approximate surface area is 225 Å². The maximum atomic E-state index is 15.1. The van der Waals surface area contributed by atoms with Gasteiger partial charge in [-0.05, 0) is 85.3 Å². The van der Waals surface area contributed by atoms with Gasteiger partial charge in [0.25, 0.3) is 0 Å². The molecule has 0 spiro atoms. The second kappa shape index (κ2) is 13.8. The third-order valence-electron chi connectivity index (χ3n) is 7.77. The van der Waals surface area contributed by atoms with Crippen molar-refractivity contribution in [2.24, 2.45) is 0 Å². The standard InChI is InChI=1S/C34H39F3O/c1-3-5-7-8-9-27-16-21-31(34(37)33(27)36)26-12-10-24(11-13-26)28-17-20-30(32(35)23-28)25-14-18-29(19-15-25)38-22-6-4-2/h4,6,10-13,16-17,20-21,23,25,29H,3,5,7-9,14-15,18-19,22H2,1-2H3.